The van der Waals surface area contributed by atoms with E-state index in [9.17, 15) is 0 Å². The molecular weight excluding hydrogens is 323 g/mol. The lowest BCUT2D eigenvalue weighted by Gasteiger charge is -2.31. The van der Waals surface area contributed by atoms with E-state index in [0.29, 0.717) is 12.0 Å². The van der Waals surface area contributed by atoms with E-state index in [4.69, 9.17) is 15.2 Å². The third-order valence-electron chi connectivity index (χ3n) is 4.62. The van der Waals surface area contributed by atoms with Gasteiger partial charge < -0.3 is 15.2 Å². The zero-order valence-corrected chi connectivity index (χ0v) is 14.6. The van der Waals surface area contributed by atoms with E-state index in [1.165, 1.54) is 5.56 Å². The van der Waals surface area contributed by atoms with E-state index in [1.54, 1.807) is 7.11 Å². The van der Waals surface area contributed by atoms with Gasteiger partial charge in [0, 0.05) is 44.3 Å². The average Bonchev–Trinajstić information content (AvgIpc) is 2.90. The van der Waals surface area contributed by atoms with E-state index in [-0.39, 0.29) is 30.9 Å². The summed E-state index contributed by atoms with van der Waals surface area (Å²) in [7, 11) is 1.71. The maximum Gasteiger partial charge on any atom is 0.119 e. The van der Waals surface area contributed by atoms with Gasteiger partial charge in [0.05, 0.1) is 7.11 Å². The topological polar surface area (TPSA) is 47.7 Å². The van der Waals surface area contributed by atoms with Crippen molar-refractivity contribution < 1.29 is 9.47 Å². The molecule has 4 nitrogen and oxygen atoms in total. The lowest BCUT2D eigenvalue weighted by Crippen LogP contribution is -2.39. The molecule has 2 aliphatic rings. The molecule has 126 valence electrons. The first-order chi connectivity index (χ1) is 9.78. The summed E-state index contributed by atoms with van der Waals surface area (Å²) in [6.45, 7) is 3.83. The number of rotatable bonds is 3. The number of hydrogen-bond donors (Lipinski definition) is 1. The lowest BCUT2D eigenvalue weighted by atomic mass is 9.95. The predicted molar refractivity (Wildman–Crippen MR) is 93.6 cm³/mol. The van der Waals surface area contributed by atoms with Crippen LogP contribution in [0.5, 0.6) is 5.75 Å². The lowest BCUT2D eigenvalue weighted by molar-refractivity contribution is 0.0416. The molecule has 2 atom stereocenters. The van der Waals surface area contributed by atoms with Crippen LogP contribution in [0.4, 0.5) is 0 Å². The highest BCUT2D eigenvalue weighted by Crippen LogP contribution is 2.31. The van der Waals surface area contributed by atoms with Gasteiger partial charge >= 0.3 is 0 Å². The first-order valence-electron chi connectivity index (χ1n) is 7.49. The molecule has 0 saturated carbocycles. The van der Waals surface area contributed by atoms with Gasteiger partial charge in [0.1, 0.15) is 5.75 Å². The maximum atomic E-state index is 6.39. The number of ether oxygens (including phenoxy) is 2. The summed E-state index contributed by atoms with van der Waals surface area (Å²) in [5, 5.41) is 0. The molecule has 6 heteroatoms. The molecule has 3 rings (SSSR count). The standard InChI is InChI=1S/C16H24N2O2.2ClH/c1-19-14-4-2-3-12(9-14)15-10-18(11-16(15)17)13-5-7-20-8-6-13;;/h2-4,9,13,15-16H,5-8,10-11,17H2,1H3;2*1H/t15-,16+;;/m1../s1. The molecule has 0 amide bonds. The third kappa shape index (κ3) is 4.27. The Morgan fingerprint density at radius 1 is 1.18 bits per heavy atom. The number of hydrogen-bond acceptors (Lipinski definition) is 4. The Morgan fingerprint density at radius 2 is 1.91 bits per heavy atom. The molecule has 0 aromatic heterocycles. The molecule has 22 heavy (non-hydrogen) atoms. The van der Waals surface area contributed by atoms with Crippen LogP contribution >= 0.6 is 24.8 Å². The van der Waals surface area contributed by atoms with Crippen molar-refractivity contribution in [1.82, 2.24) is 4.90 Å². The van der Waals surface area contributed by atoms with Gasteiger partial charge in [-0.3, -0.25) is 4.90 Å². The molecule has 2 heterocycles. The normalized spacial score (nSPS) is 26.1. The SMILES string of the molecule is COc1cccc([C@H]2CN(C3CCOCC3)C[C@@H]2N)c1.Cl.Cl. The number of likely N-dealkylation sites (tertiary alicyclic amines) is 1. The van der Waals surface area contributed by atoms with E-state index in [0.717, 1.165) is 44.9 Å². The number of methoxy groups -OCH3 is 1. The molecule has 0 radical (unpaired) electrons. The van der Waals surface area contributed by atoms with Crippen molar-refractivity contribution in [2.75, 3.05) is 33.4 Å². The highest BCUT2D eigenvalue weighted by atomic mass is 35.5. The minimum absolute atomic E-state index is 0. The third-order valence-corrected chi connectivity index (χ3v) is 4.62. The van der Waals surface area contributed by atoms with Crippen molar-refractivity contribution in [1.29, 1.82) is 0 Å². The van der Waals surface area contributed by atoms with E-state index in [1.807, 2.05) is 6.07 Å². The summed E-state index contributed by atoms with van der Waals surface area (Å²) in [4.78, 5) is 2.55. The summed E-state index contributed by atoms with van der Waals surface area (Å²) in [6, 6.07) is 9.19. The van der Waals surface area contributed by atoms with Gasteiger partial charge in [0.2, 0.25) is 0 Å². The zero-order chi connectivity index (χ0) is 13.9. The van der Waals surface area contributed by atoms with Crippen molar-refractivity contribution in [3.63, 3.8) is 0 Å². The fourth-order valence-corrected chi connectivity index (χ4v) is 3.43. The minimum Gasteiger partial charge on any atom is -0.497 e. The summed E-state index contributed by atoms with van der Waals surface area (Å²) >= 11 is 0. The second-order valence-electron chi connectivity index (χ2n) is 5.84. The van der Waals surface area contributed by atoms with Crippen molar-refractivity contribution in [2.24, 2.45) is 5.73 Å². The van der Waals surface area contributed by atoms with E-state index in [2.05, 4.69) is 23.1 Å². The Morgan fingerprint density at radius 3 is 2.59 bits per heavy atom. The van der Waals surface area contributed by atoms with Gasteiger partial charge in [-0.25, -0.2) is 0 Å². The van der Waals surface area contributed by atoms with Gasteiger partial charge in [-0.05, 0) is 30.5 Å². The Labute approximate surface area is 145 Å². The summed E-state index contributed by atoms with van der Waals surface area (Å²) in [6.07, 6.45) is 2.27. The second kappa shape index (κ2) is 8.94. The Hall–Kier alpha value is -0.520. The quantitative estimate of drug-likeness (QED) is 0.911. The summed E-state index contributed by atoms with van der Waals surface area (Å²) in [5.74, 6) is 1.33. The smallest absolute Gasteiger partial charge is 0.119 e. The van der Waals surface area contributed by atoms with Crippen LogP contribution in [0.15, 0.2) is 24.3 Å². The summed E-state index contributed by atoms with van der Waals surface area (Å²) in [5.41, 5.74) is 7.68. The first-order valence-corrected chi connectivity index (χ1v) is 7.49. The van der Waals surface area contributed by atoms with Crippen LogP contribution in [-0.4, -0.2) is 50.4 Å². The largest absolute Gasteiger partial charge is 0.497 e. The molecule has 1 aromatic carbocycles. The van der Waals surface area contributed by atoms with Gasteiger partial charge in [0.25, 0.3) is 0 Å². The molecule has 2 fully saturated rings. The van der Waals surface area contributed by atoms with Gasteiger partial charge in [-0.1, -0.05) is 12.1 Å². The number of nitrogens with zero attached hydrogens (tertiary/aromatic N) is 1. The van der Waals surface area contributed by atoms with Crippen LogP contribution < -0.4 is 10.5 Å². The number of benzene rings is 1. The van der Waals surface area contributed by atoms with Crippen molar-refractivity contribution in [2.45, 2.75) is 30.8 Å². The molecular formula is C16H26Cl2N2O2. The molecule has 0 aliphatic carbocycles. The van der Waals surface area contributed by atoms with Crippen LogP contribution in [0.25, 0.3) is 0 Å². The van der Waals surface area contributed by atoms with Crippen molar-refractivity contribution >= 4 is 24.8 Å². The van der Waals surface area contributed by atoms with Gasteiger partial charge in [0.15, 0.2) is 0 Å². The molecule has 2 N–H and O–H groups in total. The molecule has 0 bridgehead atoms. The maximum absolute atomic E-state index is 6.39. The molecule has 0 unspecified atom stereocenters. The highest BCUT2D eigenvalue weighted by Gasteiger charge is 2.35. The van der Waals surface area contributed by atoms with Gasteiger partial charge in [-0.15, -0.1) is 24.8 Å². The summed E-state index contributed by atoms with van der Waals surface area (Å²) < 4.78 is 10.8. The zero-order valence-electron chi connectivity index (χ0n) is 12.9. The Kier molecular flexibility index (Phi) is 7.94. The van der Waals surface area contributed by atoms with E-state index >= 15 is 0 Å². The van der Waals surface area contributed by atoms with Gasteiger partial charge in [-0.2, -0.15) is 0 Å². The van der Waals surface area contributed by atoms with Crippen molar-refractivity contribution in [3.8, 4) is 5.75 Å². The molecule has 2 aliphatic heterocycles. The van der Waals surface area contributed by atoms with Crippen LogP contribution in [-0.2, 0) is 4.74 Å². The van der Waals surface area contributed by atoms with Crippen molar-refractivity contribution in [3.05, 3.63) is 29.8 Å². The van der Waals surface area contributed by atoms with E-state index < -0.39 is 0 Å². The minimum atomic E-state index is 0. The Bertz CT molecular complexity index is 456. The molecule has 1 aromatic rings. The highest BCUT2D eigenvalue weighted by molar-refractivity contribution is 5.85. The second-order valence-corrected chi connectivity index (χ2v) is 5.84. The monoisotopic (exact) mass is 348 g/mol. The van der Waals surface area contributed by atoms with Crippen LogP contribution in [0.2, 0.25) is 0 Å². The number of nitrogens with two attached hydrogens (primary N) is 1. The average molecular weight is 349 g/mol. The fraction of sp³-hybridized carbons (Fsp3) is 0.625. The molecule has 2 saturated heterocycles. The molecule has 0 spiro atoms. The predicted octanol–water partition coefficient (Wildman–Crippen LogP) is 2.44. The van der Waals surface area contributed by atoms with Crippen LogP contribution in [0.3, 0.4) is 0 Å². The van der Waals surface area contributed by atoms with Crippen LogP contribution in [0.1, 0.15) is 24.3 Å². The fourth-order valence-electron chi connectivity index (χ4n) is 3.43. The number of halogens is 2. The Balaban J connectivity index is 0.00000121. The van der Waals surface area contributed by atoms with Crippen LogP contribution in [0, 0.1) is 0 Å². The first kappa shape index (κ1) is 19.5.